The van der Waals surface area contributed by atoms with Crippen molar-refractivity contribution >= 4 is 38.4 Å². The molecule has 0 spiro atoms. The minimum atomic E-state index is -0.568. The Morgan fingerprint density at radius 2 is 1.68 bits per heavy atom. The van der Waals surface area contributed by atoms with Crippen LogP contribution in [0.2, 0.25) is 0 Å². The maximum Gasteiger partial charge on any atom is 0.336 e. The van der Waals surface area contributed by atoms with Gasteiger partial charge in [-0.3, -0.25) is 14.2 Å². The highest BCUT2D eigenvalue weighted by Gasteiger charge is 2.17. The summed E-state index contributed by atoms with van der Waals surface area (Å²) in [5.74, 6) is -0.354. The van der Waals surface area contributed by atoms with Crippen LogP contribution in [0, 0.1) is 13.8 Å². The lowest BCUT2D eigenvalue weighted by atomic mass is 10.1. The minimum Gasteiger partial charge on any atom is -0.325 e. The zero-order valence-electron chi connectivity index (χ0n) is 17.1. The van der Waals surface area contributed by atoms with E-state index in [1.54, 1.807) is 42.5 Å². The Morgan fingerprint density at radius 3 is 2.39 bits per heavy atom. The van der Waals surface area contributed by atoms with E-state index < -0.39 is 11.2 Å². The summed E-state index contributed by atoms with van der Waals surface area (Å²) >= 11 is 3.38. The van der Waals surface area contributed by atoms with Crippen molar-refractivity contribution in [1.29, 1.82) is 0 Å². The predicted octanol–water partition coefficient (Wildman–Crippen LogP) is 4.17. The molecular weight excluding hydrogens is 458 g/mol. The molecule has 1 N–H and O–H groups in total. The molecule has 4 rings (SSSR count). The van der Waals surface area contributed by atoms with Gasteiger partial charge in [0.25, 0.3) is 5.56 Å². The van der Waals surface area contributed by atoms with Gasteiger partial charge in [-0.05, 0) is 67.4 Å². The first-order valence-electron chi connectivity index (χ1n) is 9.73. The molecule has 0 aliphatic rings. The monoisotopic (exact) mass is 477 g/mol. The molecule has 0 radical (unpaired) electrons. The number of benzene rings is 3. The molecule has 0 bridgehead atoms. The first-order valence-corrected chi connectivity index (χ1v) is 10.5. The fraction of sp³-hybridized carbons (Fsp3) is 0.125. The van der Waals surface area contributed by atoms with E-state index in [1.165, 1.54) is 4.57 Å². The van der Waals surface area contributed by atoms with Gasteiger partial charge in [0.1, 0.15) is 6.54 Å². The third-order valence-corrected chi connectivity index (χ3v) is 5.71. The maximum atomic E-state index is 13.3. The zero-order chi connectivity index (χ0) is 22.1. The van der Waals surface area contributed by atoms with Crippen molar-refractivity contribution in [3.8, 4) is 5.69 Å². The molecule has 156 valence electrons. The molecule has 7 heteroatoms. The van der Waals surface area contributed by atoms with Crippen molar-refractivity contribution in [1.82, 2.24) is 9.13 Å². The quantitative estimate of drug-likeness (QED) is 0.479. The average Bonchev–Trinajstić information content (AvgIpc) is 2.75. The fourth-order valence-electron chi connectivity index (χ4n) is 3.47. The van der Waals surface area contributed by atoms with Crippen molar-refractivity contribution in [2.45, 2.75) is 20.4 Å². The van der Waals surface area contributed by atoms with Gasteiger partial charge in [-0.15, -0.1) is 0 Å². The Balaban J connectivity index is 1.83. The van der Waals surface area contributed by atoms with Crippen LogP contribution in [0.3, 0.4) is 0 Å². The van der Waals surface area contributed by atoms with Crippen molar-refractivity contribution in [2.75, 3.05) is 5.32 Å². The Morgan fingerprint density at radius 1 is 0.935 bits per heavy atom. The second-order valence-corrected chi connectivity index (χ2v) is 8.27. The molecule has 0 aliphatic heterocycles. The van der Waals surface area contributed by atoms with E-state index in [9.17, 15) is 14.4 Å². The van der Waals surface area contributed by atoms with Crippen LogP contribution in [0.4, 0.5) is 5.69 Å². The molecule has 1 heterocycles. The normalized spacial score (nSPS) is 10.9. The third-order valence-electron chi connectivity index (χ3n) is 5.21. The van der Waals surface area contributed by atoms with Crippen molar-refractivity contribution in [3.05, 3.63) is 103 Å². The molecule has 0 atom stereocenters. The van der Waals surface area contributed by atoms with Gasteiger partial charge in [-0.2, -0.15) is 0 Å². The number of anilines is 1. The van der Waals surface area contributed by atoms with E-state index in [2.05, 4.69) is 21.2 Å². The number of hydrogen-bond donors (Lipinski definition) is 1. The minimum absolute atomic E-state index is 0.225. The van der Waals surface area contributed by atoms with E-state index in [4.69, 9.17) is 0 Å². The lowest BCUT2D eigenvalue weighted by Crippen LogP contribution is -2.40. The van der Waals surface area contributed by atoms with Gasteiger partial charge in [0.05, 0.1) is 16.6 Å². The Bertz CT molecular complexity index is 1420. The summed E-state index contributed by atoms with van der Waals surface area (Å²) in [5.41, 5.74) is 2.69. The number of amides is 1. The first kappa shape index (κ1) is 20.8. The molecule has 0 saturated carbocycles. The largest absolute Gasteiger partial charge is 0.336 e. The van der Waals surface area contributed by atoms with Gasteiger partial charge in [-0.25, -0.2) is 9.36 Å². The molecule has 4 aromatic rings. The van der Waals surface area contributed by atoms with Gasteiger partial charge in [0, 0.05) is 10.2 Å². The number of hydrogen-bond acceptors (Lipinski definition) is 3. The first-order chi connectivity index (χ1) is 14.8. The molecule has 0 saturated heterocycles. The molecular formula is C24H20BrN3O3. The topological polar surface area (TPSA) is 73.1 Å². The summed E-state index contributed by atoms with van der Waals surface area (Å²) in [7, 11) is 0. The molecule has 1 aromatic heterocycles. The second-order valence-electron chi connectivity index (χ2n) is 7.35. The van der Waals surface area contributed by atoms with Gasteiger partial charge in [0.15, 0.2) is 0 Å². The molecule has 1 amide bonds. The van der Waals surface area contributed by atoms with Crippen LogP contribution in [0.5, 0.6) is 0 Å². The highest BCUT2D eigenvalue weighted by atomic mass is 79.9. The summed E-state index contributed by atoms with van der Waals surface area (Å²) in [6, 6.07) is 19.4. The summed E-state index contributed by atoms with van der Waals surface area (Å²) < 4.78 is 3.13. The van der Waals surface area contributed by atoms with Crippen LogP contribution in [-0.4, -0.2) is 15.0 Å². The standard InChI is InChI=1S/C24H20BrN3O3/c1-15-8-10-18(12-16(15)2)26-22(29)14-27-21-11-9-17(25)13-20(21)23(30)28(24(27)31)19-6-4-3-5-7-19/h3-13H,14H2,1-2H3,(H,26,29). The smallest absolute Gasteiger partial charge is 0.325 e. The Kier molecular flexibility index (Phi) is 5.61. The second kappa shape index (κ2) is 8.35. The summed E-state index contributed by atoms with van der Waals surface area (Å²) in [4.78, 5) is 39.2. The van der Waals surface area contributed by atoms with E-state index in [1.807, 2.05) is 38.1 Å². The number of fused-ring (bicyclic) bond motifs is 1. The van der Waals surface area contributed by atoms with Crippen LogP contribution in [-0.2, 0) is 11.3 Å². The van der Waals surface area contributed by atoms with Crippen molar-refractivity contribution in [2.24, 2.45) is 0 Å². The predicted molar refractivity (Wildman–Crippen MR) is 126 cm³/mol. The van der Waals surface area contributed by atoms with Crippen LogP contribution >= 0.6 is 15.9 Å². The van der Waals surface area contributed by atoms with Gasteiger partial charge in [0.2, 0.25) is 5.91 Å². The SMILES string of the molecule is Cc1ccc(NC(=O)Cn2c(=O)n(-c3ccccc3)c(=O)c3cc(Br)ccc32)cc1C. The molecule has 6 nitrogen and oxygen atoms in total. The number of nitrogens with zero attached hydrogens (tertiary/aromatic N) is 2. The van der Waals surface area contributed by atoms with E-state index in [0.717, 1.165) is 15.7 Å². The summed E-state index contributed by atoms with van der Waals surface area (Å²) in [6.07, 6.45) is 0. The number of carbonyl (C=O) groups is 1. The van der Waals surface area contributed by atoms with Gasteiger partial charge >= 0.3 is 5.69 Å². The zero-order valence-corrected chi connectivity index (χ0v) is 18.6. The highest BCUT2D eigenvalue weighted by Crippen LogP contribution is 2.18. The van der Waals surface area contributed by atoms with E-state index in [-0.39, 0.29) is 12.5 Å². The number of rotatable bonds is 4. The van der Waals surface area contributed by atoms with Crippen molar-refractivity contribution < 1.29 is 4.79 Å². The van der Waals surface area contributed by atoms with Crippen LogP contribution in [0.15, 0.2) is 80.8 Å². The van der Waals surface area contributed by atoms with Crippen LogP contribution in [0.1, 0.15) is 11.1 Å². The van der Waals surface area contributed by atoms with E-state index in [0.29, 0.717) is 26.8 Å². The number of aromatic nitrogens is 2. The highest BCUT2D eigenvalue weighted by molar-refractivity contribution is 9.10. The average molecular weight is 478 g/mol. The number of nitrogens with one attached hydrogen (secondary N) is 1. The Hall–Kier alpha value is -3.45. The fourth-order valence-corrected chi connectivity index (χ4v) is 3.83. The van der Waals surface area contributed by atoms with E-state index >= 15 is 0 Å². The number of para-hydroxylation sites is 1. The van der Waals surface area contributed by atoms with Crippen LogP contribution in [0.25, 0.3) is 16.6 Å². The molecule has 0 aliphatic carbocycles. The number of carbonyl (C=O) groups excluding carboxylic acids is 1. The van der Waals surface area contributed by atoms with Crippen molar-refractivity contribution in [3.63, 3.8) is 0 Å². The Labute approximate surface area is 186 Å². The molecule has 0 unspecified atom stereocenters. The lowest BCUT2D eigenvalue weighted by Gasteiger charge is -2.15. The maximum absolute atomic E-state index is 13.3. The molecule has 31 heavy (non-hydrogen) atoms. The summed E-state index contributed by atoms with van der Waals surface area (Å²) in [6.45, 7) is 3.74. The molecule has 3 aromatic carbocycles. The number of aryl methyl sites for hydroxylation is 2. The number of halogens is 1. The lowest BCUT2D eigenvalue weighted by molar-refractivity contribution is -0.116. The van der Waals surface area contributed by atoms with Gasteiger partial charge < -0.3 is 5.32 Å². The summed E-state index contributed by atoms with van der Waals surface area (Å²) in [5, 5.41) is 3.18. The van der Waals surface area contributed by atoms with Crippen LogP contribution < -0.4 is 16.6 Å². The van der Waals surface area contributed by atoms with Gasteiger partial charge in [-0.1, -0.05) is 40.2 Å². The third kappa shape index (κ3) is 4.09. The molecule has 0 fully saturated rings.